The largest absolute Gasteiger partial charge is 0.508 e. The van der Waals surface area contributed by atoms with Gasteiger partial charge in [-0.15, -0.1) is 0 Å². The number of carbonyl (C=O) groups is 4. The van der Waals surface area contributed by atoms with E-state index < -0.39 is 54.5 Å². The highest BCUT2D eigenvalue weighted by molar-refractivity contribution is 5.94. The van der Waals surface area contributed by atoms with Crippen LogP contribution >= 0.6 is 0 Å². The summed E-state index contributed by atoms with van der Waals surface area (Å²) in [4.78, 5) is 56.6. The van der Waals surface area contributed by atoms with Crippen LogP contribution in [0.1, 0.15) is 30.5 Å². The molecule has 208 valence electrons. The van der Waals surface area contributed by atoms with Crippen molar-refractivity contribution in [2.45, 2.75) is 56.3 Å². The summed E-state index contributed by atoms with van der Waals surface area (Å²) in [6.07, 6.45) is 4.04. The van der Waals surface area contributed by atoms with Gasteiger partial charge < -0.3 is 47.7 Å². The molecule has 1 heterocycles. The van der Waals surface area contributed by atoms with Crippen LogP contribution in [0.4, 0.5) is 0 Å². The molecule has 4 unspecified atom stereocenters. The summed E-state index contributed by atoms with van der Waals surface area (Å²) in [5, 5.41) is 35.9. The quantitative estimate of drug-likeness (QED) is 0.106. The standard InChI is InChI=1S/C24H35N7O7/c25-8-2-1-3-18(22(35)30-19(24(37)38)10-15-11-27-13-28-15)29-23(36)20(12-32)31-21(34)17(26)9-14-4-6-16(33)7-5-14/h4-7,11,13,17-20,32-33H,1-3,8-10,12,25-26H2,(H,27,28)(H,29,36)(H,30,35)(H,31,34)(H,37,38). The number of aliphatic carboxylic acids is 1. The van der Waals surface area contributed by atoms with Crippen molar-refractivity contribution >= 4 is 23.7 Å². The smallest absolute Gasteiger partial charge is 0.326 e. The van der Waals surface area contributed by atoms with Crippen LogP contribution in [0.2, 0.25) is 0 Å². The van der Waals surface area contributed by atoms with Gasteiger partial charge in [-0.1, -0.05) is 12.1 Å². The Morgan fingerprint density at radius 1 is 0.921 bits per heavy atom. The van der Waals surface area contributed by atoms with Crippen molar-refractivity contribution in [2.24, 2.45) is 11.5 Å². The van der Waals surface area contributed by atoms with E-state index in [0.29, 0.717) is 30.6 Å². The number of hydrogen-bond donors (Lipinski definition) is 9. The number of carbonyl (C=O) groups excluding carboxylic acids is 3. The van der Waals surface area contributed by atoms with Gasteiger partial charge in [0.15, 0.2) is 0 Å². The summed E-state index contributed by atoms with van der Waals surface area (Å²) in [6, 6.07) is 1.20. The van der Waals surface area contributed by atoms with Gasteiger partial charge in [0.2, 0.25) is 17.7 Å². The first kappa shape index (κ1) is 30.2. The third-order valence-electron chi connectivity index (χ3n) is 5.72. The number of nitrogens with one attached hydrogen (secondary N) is 4. The van der Waals surface area contributed by atoms with Crippen LogP contribution in [0.3, 0.4) is 0 Å². The number of carboxylic acids is 1. The van der Waals surface area contributed by atoms with Crippen molar-refractivity contribution in [1.82, 2.24) is 25.9 Å². The lowest BCUT2D eigenvalue weighted by molar-refractivity contribution is -0.142. The Bertz CT molecular complexity index is 1050. The second-order valence-corrected chi connectivity index (χ2v) is 8.75. The number of hydrogen-bond acceptors (Lipinski definition) is 9. The molecule has 1 aromatic carbocycles. The van der Waals surface area contributed by atoms with Gasteiger partial charge in [-0.05, 0) is 49.9 Å². The Morgan fingerprint density at radius 3 is 2.13 bits per heavy atom. The third-order valence-corrected chi connectivity index (χ3v) is 5.72. The van der Waals surface area contributed by atoms with Crippen molar-refractivity contribution in [3.63, 3.8) is 0 Å². The van der Waals surface area contributed by atoms with Gasteiger partial charge in [-0.2, -0.15) is 0 Å². The average molecular weight is 534 g/mol. The number of phenolic OH excluding ortho intramolecular Hbond substituents is 1. The molecule has 0 aliphatic heterocycles. The first-order valence-electron chi connectivity index (χ1n) is 12.1. The topological polar surface area (TPSA) is 246 Å². The molecule has 14 heteroatoms. The van der Waals surface area contributed by atoms with Crippen LogP contribution in [0, 0.1) is 0 Å². The molecule has 0 aliphatic carbocycles. The highest BCUT2D eigenvalue weighted by Gasteiger charge is 2.30. The van der Waals surface area contributed by atoms with Crippen molar-refractivity contribution in [1.29, 1.82) is 0 Å². The molecule has 2 aromatic rings. The van der Waals surface area contributed by atoms with Crippen molar-refractivity contribution < 1.29 is 34.5 Å². The molecule has 1 aromatic heterocycles. The summed E-state index contributed by atoms with van der Waals surface area (Å²) in [5.74, 6) is -3.50. The maximum Gasteiger partial charge on any atom is 0.326 e. The maximum atomic E-state index is 13.0. The Labute approximate surface area is 219 Å². The molecular formula is C24H35N7O7. The number of imidazole rings is 1. The predicted molar refractivity (Wildman–Crippen MR) is 135 cm³/mol. The number of nitrogens with zero attached hydrogens (tertiary/aromatic N) is 1. The van der Waals surface area contributed by atoms with Crippen molar-refractivity contribution in [3.05, 3.63) is 48.0 Å². The fourth-order valence-corrected chi connectivity index (χ4v) is 3.57. The van der Waals surface area contributed by atoms with E-state index in [1.54, 1.807) is 12.1 Å². The van der Waals surface area contributed by atoms with Gasteiger partial charge in [-0.25, -0.2) is 9.78 Å². The van der Waals surface area contributed by atoms with E-state index in [2.05, 4.69) is 25.9 Å². The predicted octanol–water partition coefficient (Wildman–Crippen LogP) is -2.11. The highest BCUT2D eigenvalue weighted by atomic mass is 16.4. The van der Waals surface area contributed by atoms with E-state index in [-0.39, 0.29) is 25.0 Å². The minimum Gasteiger partial charge on any atom is -0.508 e. The molecule has 2 rings (SSSR count). The molecule has 0 saturated heterocycles. The lowest BCUT2D eigenvalue weighted by Crippen LogP contribution is -2.58. The molecule has 38 heavy (non-hydrogen) atoms. The number of carboxylic acid groups (broad SMARTS) is 1. The maximum absolute atomic E-state index is 13.0. The zero-order valence-corrected chi connectivity index (χ0v) is 20.8. The van der Waals surface area contributed by atoms with Crippen LogP contribution < -0.4 is 27.4 Å². The Morgan fingerprint density at radius 2 is 1.55 bits per heavy atom. The number of aromatic hydroxyl groups is 1. The van der Waals surface area contributed by atoms with Crippen LogP contribution in [0.15, 0.2) is 36.8 Å². The van der Waals surface area contributed by atoms with Crippen LogP contribution in [0.5, 0.6) is 5.75 Å². The van der Waals surface area contributed by atoms with E-state index in [1.165, 1.54) is 24.7 Å². The Hall–Kier alpha value is -4.01. The molecule has 0 bridgehead atoms. The number of amides is 3. The summed E-state index contributed by atoms with van der Waals surface area (Å²) < 4.78 is 0. The van der Waals surface area contributed by atoms with E-state index in [9.17, 15) is 34.5 Å². The minimum atomic E-state index is -1.40. The number of nitrogens with two attached hydrogens (primary N) is 2. The number of rotatable bonds is 16. The average Bonchev–Trinajstić information content (AvgIpc) is 3.40. The Kier molecular flexibility index (Phi) is 12.2. The fourth-order valence-electron chi connectivity index (χ4n) is 3.57. The number of unbranched alkanes of at least 4 members (excludes halogenated alkanes) is 1. The molecule has 4 atom stereocenters. The van der Waals surface area contributed by atoms with E-state index in [1.807, 2.05) is 0 Å². The zero-order valence-electron chi connectivity index (χ0n) is 20.8. The number of aromatic nitrogens is 2. The minimum absolute atomic E-state index is 0.0568. The summed E-state index contributed by atoms with van der Waals surface area (Å²) in [7, 11) is 0. The Balaban J connectivity index is 2.03. The van der Waals surface area contributed by atoms with Gasteiger partial charge >= 0.3 is 5.97 Å². The van der Waals surface area contributed by atoms with E-state index >= 15 is 0 Å². The van der Waals surface area contributed by atoms with Crippen LogP contribution in [0.25, 0.3) is 0 Å². The summed E-state index contributed by atoms with van der Waals surface area (Å²) in [6.45, 7) is -0.410. The second kappa shape index (κ2) is 15.3. The van der Waals surface area contributed by atoms with Gasteiger partial charge in [0.05, 0.1) is 19.0 Å². The third kappa shape index (κ3) is 9.80. The zero-order chi connectivity index (χ0) is 28.1. The van der Waals surface area contributed by atoms with Gasteiger partial charge in [-0.3, -0.25) is 14.4 Å². The van der Waals surface area contributed by atoms with Crippen LogP contribution in [-0.4, -0.2) is 86.3 Å². The van der Waals surface area contributed by atoms with Gasteiger partial charge in [0.1, 0.15) is 23.9 Å². The highest BCUT2D eigenvalue weighted by Crippen LogP contribution is 2.11. The number of phenols is 1. The number of benzene rings is 1. The first-order valence-corrected chi connectivity index (χ1v) is 12.1. The number of aliphatic hydroxyl groups excluding tert-OH is 1. The molecule has 14 nitrogen and oxygen atoms in total. The molecule has 11 N–H and O–H groups in total. The van der Waals surface area contributed by atoms with E-state index in [4.69, 9.17) is 11.5 Å². The number of H-pyrrole nitrogens is 1. The van der Waals surface area contributed by atoms with Crippen molar-refractivity contribution in [2.75, 3.05) is 13.2 Å². The fraction of sp³-hybridized carbons (Fsp3) is 0.458. The molecule has 3 amide bonds. The molecule has 0 saturated carbocycles. The van der Waals surface area contributed by atoms with Crippen molar-refractivity contribution in [3.8, 4) is 5.75 Å². The number of aromatic amines is 1. The van der Waals surface area contributed by atoms with Gasteiger partial charge in [0, 0.05) is 18.3 Å². The molecule has 0 radical (unpaired) electrons. The van der Waals surface area contributed by atoms with Crippen LogP contribution in [-0.2, 0) is 32.0 Å². The lowest BCUT2D eigenvalue weighted by Gasteiger charge is -2.24. The molecule has 0 fully saturated rings. The normalized spacial score (nSPS) is 14.1. The SMILES string of the molecule is NCCCCC(NC(=O)C(CO)NC(=O)C(N)Cc1ccc(O)cc1)C(=O)NC(Cc1cnc[nH]1)C(=O)O. The second-order valence-electron chi connectivity index (χ2n) is 8.75. The lowest BCUT2D eigenvalue weighted by atomic mass is 10.0. The molecular weight excluding hydrogens is 498 g/mol. The summed E-state index contributed by atoms with van der Waals surface area (Å²) in [5.41, 5.74) is 12.6. The monoisotopic (exact) mass is 533 g/mol. The molecule has 0 spiro atoms. The van der Waals surface area contributed by atoms with Gasteiger partial charge in [0.25, 0.3) is 0 Å². The summed E-state index contributed by atoms with van der Waals surface area (Å²) >= 11 is 0. The number of aliphatic hydroxyl groups is 1. The first-order chi connectivity index (χ1) is 18.1. The molecule has 0 aliphatic rings. The van der Waals surface area contributed by atoms with E-state index in [0.717, 1.165) is 0 Å².